The molecule has 4 rings (SSSR count). The van der Waals surface area contributed by atoms with E-state index in [2.05, 4.69) is 5.32 Å². The van der Waals surface area contributed by atoms with Gasteiger partial charge < -0.3 is 10.2 Å². The fourth-order valence-electron chi connectivity index (χ4n) is 5.03. The van der Waals surface area contributed by atoms with Crippen LogP contribution in [0.15, 0.2) is 54.6 Å². The first kappa shape index (κ1) is 23.7. The van der Waals surface area contributed by atoms with Crippen LogP contribution in [0.25, 0.3) is 0 Å². The Bertz CT molecular complexity index is 1040. The van der Waals surface area contributed by atoms with Gasteiger partial charge in [-0.3, -0.25) is 19.2 Å². The van der Waals surface area contributed by atoms with Gasteiger partial charge in [-0.1, -0.05) is 56.0 Å². The van der Waals surface area contributed by atoms with E-state index in [0.717, 1.165) is 44.1 Å². The van der Waals surface area contributed by atoms with E-state index < -0.39 is 6.04 Å². The highest BCUT2D eigenvalue weighted by molar-refractivity contribution is 6.23. The van der Waals surface area contributed by atoms with Crippen molar-refractivity contribution in [2.75, 3.05) is 10.2 Å². The van der Waals surface area contributed by atoms with Crippen molar-refractivity contribution in [1.82, 2.24) is 4.90 Å². The van der Waals surface area contributed by atoms with Crippen molar-refractivity contribution >= 4 is 35.0 Å². The minimum absolute atomic E-state index is 0.0106. The number of amides is 4. The van der Waals surface area contributed by atoms with E-state index >= 15 is 0 Å². The first-order valence-electron chi connectivity index (χ1n) is 12.0. The molecule has 0 aromatic heterocycles. The van der Waals surface area contributed by atoms with Crippen LogP contribution in [0, 0.1) is 0 Å². The molecule has 0 radical (unpaired) electrons. The maximum Gasteiger partial charge on any atom is 0.257 e. The lowest BCUT2D eigenvalue weighted by Crippen LogP contribution is -2.51. The number of carbonyl (C=O) groups excluding carboxylic acids is 4. The molecule has 178 valence electrons. The number of nitrogens with zero attached hydrogens (tertiary/aromatic N) is 2. The molecule has 7 heteroatoms. The highest BCUT2D eigenvalue weighted by Crippen LogP contribution is 2.31. The van der Waals surface area contributed by atoms with E-state index in [1.54, 1.807) is 29.2 Å². The maximum absolute atomic E-state index is 13.6. The molecule has 1 aliphatic carbocycles. The zero-order valence-electron chi connectivity index (χ0n) is 19.5. The summed E-state index contributed by atoms with van der Waals surface area (Å²) in [6, 6.07) is 15.3. The van der Waals surface area contributed by atoms with Crippen LogP contribution in [0.3, 0.4) is 0 Å². The summed E-state index contributed by atoms with van der Waals surface area (Å²) in [7, 11) is 0. The lowest BCUT2D eigenvalue weighted by molar-refractivity contribution is -0.140. The van der Waals surface area contributed by atoms with E-state index in [4.69, 9.17) is 0 Å². The number of hydrogen-bond acceptors (Lipinski definition) is 4. The Morgan fingerprint density at radius 1 is 0.941 bits per heavy atom. The van der Waals surface area contributed by atoms with E-state index in [-0.39, 0.29) is 42.5 Å². The molecule has 0 bridgehead atoms. The molecule has 0 spiro atoms. The van der Waals surface area contributed by atoms with E-state index in [1.807, 2.05) is 30.3 Å². The summed E-state index contributed by atoms with van der Waals surface area (Å²) in [4.78, 5) is 54.3. The van der Waals surface area contributed by atoms with Gasteiger partial charge in [-0.15, -0.1) is 0 Å². The quantitative estimate of drug-likeness (QED) is 0.519. The summed E-state index contributed by atoms with van der Waals surface area (Å²) in [6.07, 6.45) is 6.19. The van der Waals surface area contributed by atoms with Crippen molar-refractivity contribution in [1.29, 1.82) is 0 Å². The molecule has 2 aromatic rings. The van der Waals surface area contributed by atoms with Crippen molar-refractivity contribution in [3.8, 4) is 0 Å². The number of hydrogen-bond donors (Lipinski definition) is 1. The van der Waals surface area contributed by atoms with Crippen LogP contribution in [-0.4, -0.2) is 40.6 Å². The van der Waals surface area contributed by atoms with Crippen LogP contribution in [0.5, 0.6) is 0 Å². The van der Waals surface area contributed by atoms with Crippen molar-refractivity contribution < 1.29 is 19.2 Å². The van der Waals surface area contributed by atoms with Gasteiger partial charge in [0, 0.05) is 18.7 Å². The van der Waals surface area contributed by atoms with Gasteiger partial charge in [0.2, 0.25) is 17.7 Å². The van der Waals surface area contributed by atoms with E-state index in [1.165, 1.54) is 11.8 Å². The summed E-state index contributed by atoms with van der Waals surface area (Å²) >= 11 is 0. The Morgan fingerprint density at radius 2 is 1.59 bits per heavy atom. The second kappa shape index (κ2) is 10.6. The Labute approximate surface area is 200 Å². The molecule has 1 aliphatic heterocycles. The Morgan fingerprint density at radius 3 is 2.21 bits per heavy atom. The summed E-state index contributed by atoms with van der Waals surface area (Å²) in [5.41, 5.74) is 1.93. The van der Waals surface area contributed by atoms with E-state index in [9.17, 15) is 19.2 Å². The van der Waals surface area contributed by atoms with Crippen molar-refractivity contribution in [2.45, 2.75) is 70.4 Å². The second-order valence-corrected chi connectivity index (χ2v) is 9.12. The number of benzene rings is 2. The van der Waals surface area contributed by atoms with Gasteiger partial charge >= 0.3 is 0 Å². The number of rotatable bonds is 6. The fourth-order valence-corrected chi connectivity index (χ4v) is 5.03. The molecule has 1 unspecified atom stereocenters. The van der Waals surface area contributed by atoms with E-state index in [0.29, 0.717) is 11.4 Å². The number of carbonyl (C=O) groups is 4. The van der Waals surface area contributed by atoms with Gasteiger partial charge in [-0.25, -0.2) is 4.90 Å². The Hall–Kier alpha value is -3.48. The zero-order valence-corrected chi connectivity index (χ0v) is 19.5. The third-order valence-electron chi connectivity index (χ3n) is 6.61. The van der Waals surface area contributed by atoms with Crippen molar-refractivity contribution in [2.24, 2.45) is 0 Å². The third kappa shape index (κ3) is 5.35. The molecule has 2 aliphatic rings. The van der Waals surface area contributed by atoms with Crippen LogP contribution in [0.2, 0.25) is 0 Å². The summed E-state index contributed by atoms with van der Waals surface area (Å²) in [6.45, 7) is 1.42. The van der Waals surface area contributed by atoms with Gasteiger partial charge in [-0.2, -0.15) is 0 Å². The Kier molecular flexibility index (Phi) is 7.40. The third-order valence-corrected chi connectivity index (χ3v) is 6.61. The maximum atomic E-state index is 13.6. The molecular formula is C27H31N3O4. The van der Waals surface area contributed by atoms with Gasteiger partial charge in [-0.05, 0) is 42.7 Å². The molecule has 2 aromatic carbocycles. The van der Waals surface area contributed by atoms with Crippen LogP contribution < -0.4 is 10.2 Å². The molecule has 7 nitrogen and oxygen atoms in total. The van der Waals surface area contributed by atoms with Gasteiger partial charge in [0.25, 0.3) is 5.91 Å². The molecule has 1 heterocycles. The molecule has 34 heavy (non-hydrogen) atoms. The standard InChI is InChI=1S/C27H31N3O4/c1-19(31)28-21-13-15-23(16-14-21)30-26(33)18-24(27(30)34)29(22-11-7-2-3-8-12-22)25(32)17-20-9-5-4-6-10-20/h4-6,9-10,13-16,22,24H,2-3,7-8,11-12,17-18H2,1H3,(H,28,31). The smallest absolute Gasteiger partial charge is 0.257 e. The van der Waals surface area contributed by atoms with Crippen LogP contribution in [-0.2, 0) is 25.6 Å². The predicted molar refractivity (Wildman–Crippen MR) is 130 cm³/mol. The SMILES string of the molecule is CC(=O)Nc1ccc(N2C(=O)CC(N(C(=O)Cc3ccccc3)C3CCCCCC3)C2=O)cc1. The average molecular weight is 462 g/mol. The average Bonchev–Trinajstić information content (AvgIpc) is 2.97. The highest BCUT2D eigenvalue weighted by atomic mass is 16.2. The van der Waals surface area contributed by atoms with Crippen molar-refractivity contribution in [3.05, 3.63) is 60.2 Å². The fraction of sp³-hybridized carbons (Fsp3) is 0.407. The molecule has 2 fully saturated rings. The lowest BCUT2D eigenvalue weighted by Gasteiger charge is -2.35. The molecule has 1 saturated heterocycles. The molecule has 1 N–H and O–H groups in total. The molecule has 4 amide bonds. The van der Waals surface area contributed by atoms with Crippen molar-refractivity contribution in [3.63, 3.8) is 0 Å². The normalized spacial score (nSPS) is 19.1. The van der Waals surface area contributed by atoms with Crippen LogP contribution in [0.4, 0.5) is 11.4 Å². The minimum Gasteiger partial charge on any atom is -0.327 e. The molecule has 1 atom stereocenters. The Balaban J connectivity index is 1.59. The van der Waals surface area contributed by atoms with Crippen LogP contribution in [0.1, 0.15) is 57.4 Å². The minimum atomic E-state index is -0.790. The number of imide groups is 1. The monoisotopic (exact) mass is 461 g/mol. The highest BCUT2D eigenvalue weighted by Gasteiger charge is 2.46. The van der Waals surface area contributed by atoms with Gasteiger partial charge in [0.15, 0.2) is 0 Å². The first-order valence-corrected chi connectivity index (χ1v) is 12.0. The zero-order chi connectivity index (χ0) is 24.1. The summed E-state index contributed by atoms with van der Waals surface area (Å²) in [5, 5.41) is 2.68. The second-order valence-electron chi connectivity index (χ2n) is 9.12. The van der Waals surface area contributed by atoms with Gasteiger partial charge in [0.05, 0.1) is 18.5 Å². The summed E-state index contributed by atoms with van der Waals surface area (Å²) in [5.74, 6) is -0.972. The first-order chi connectivity index (χ1) is 16.4. The van der Waals surface area contributed by atoms with Crippen LogP contribution >= 0.6 is 0 Å². The van der Waals surface area contributed by atoms with Gasteiger partial charge in [0.1, 0.15) is 6.04 Å². The molecule has 1 saturated carbocycles. The largest absolute Gasteiger partial charge is 0.327 e. The number of nitrogens with one attached hydrogen (secondary N) is 1. The number of anilines is 2. The summed E-state index contributed by atoms with van der Waals surface area (Å²) < 4.78 is 0. The lowest BCUT2D eigenvalue weighted by atomic mass is 10.0. The molecular weight excluding hydrogens is 430 g/mol. The topological polar surface area (TPSA) is 86.8 Å². The predicted octanol–water partition coefficient (Wildman–Crippen LogP) is 4.07.